The van der Waals surface area contributed by atoms with Crippen molar-refractivity contribution in [1.82, 2.24) is 0 Å². The average Bonchev–Trinajstić information content (AvgIpc) is 3.17. The first-order chi connectivity index (χ1) is 12.3. The molecule has 0 N–H and O–H groups in total. The van der Waals surface area contributed by atoms with Crippen molar-refractivity contribution in [2.24, 2.45) is 0 Å². The van der Waals surface area contributed by atoms with Crippen LogP contribution < -0.4 is 9.47 Å². The Bertz CT molecular complexity index is 1020. The SMILES string of the molecule is COc1ccc(-c2ccc(-c3ccc(OC)c4ccccc34)s2)cc1. The van der Waals surface area contributed by atoms with Gasteiger partial charge in [-0.1, -0.05) is 24.3 Å². The lowest BCUT2D eigenvalue weighted by Gasteiger charge is -2.09. The van der Waals surface area contributed by atoms with Crippen LogP contribution in [-0.4, -0.2) is 14.2 Å². The zero-order valence-electron chi connectivity index (χ0n) is 14.2. The minimum atomic E-state index is 0.877. The highest BCUT2D eigenvalue weighted by atomic mass is 32.1. The smallest absolute Gasteiger partial charge is 0.126 e. The highest BCUT2D eigenvalue weighted by Crippen LogP contribution is 2.40. The molecule has 0 unspecified atom stereocenters. The zero-order chi connectivity index (χ0) is 17.2. The van der Waals surface area contributed by atoms with E-state index in [1.807, 2.05) is 24.3 Å². The van der Waals surface area contributed by atoms with Crippen LogP contribution in [0.5, 0.6) is 11.5 Å². The molecule has 25 heavy (non-hydrogen) atoms. The van der Waals surface area contributed by atoms with Crippen molar-refractivity contribution < 1.29 is 9.47 Å². The van der Waals surface area contributed by atoms with E-state index in [1.165, 1.54) is 26.3 Å². The van der Waals surface area contributed by atoms with E-state index >= 15 is 0 Å². The average molecular weight is 346 g/mol. The van der Waals surface area contributed by atoms with Crippen LogP contribution in [0.2, 0.25) is 0 Å². The van der Waals surface area contributed by atoms with Gasteiger partial charge in [0.05, 0.1) is 14.2 Å². The lowest BCUT2D eigenvalue weighted by molar-refractivity contribution is 0.415. The third kappa shape index (κ3) is 2.87. The van der Waals surface area contributed by atoms with Crippen LogP contribution in [0.1, 0.15) is 0 Å². The summed E-state index contributed by atoms with van der Waals surface area (Å²) < 4.78 is 10.7. The first-order valence-corrected chi connectivity index (χ1v) is 8.92. The third-order valence-electron chi connectivity index (χ3n) is 4.35. The highest BCUT2D eigenvalue weighted by Gasteiger charge is 2.11. The highest BCUT2D eigenvalue weighted by molar-refractivity contribution is 7.18. The normalized spacial score (nSPS) is 10.8. The van der Waals surface area contributed by atoms with Gasteiger partial charge in [-0.3, -0.25) is 0 Å². The summed E-state index contributed by atoms with van der Waals surface area (Å²) in [5.74, 6) is 1.79. The van der Waals surface area contributed by atoms with Crippen molar-refractivity contribution in [1.29, 1.82) is 0 Å². The van der Waals surface area contributed by atoms with Crippen molar-refractivity contribution in [3.63, 3.8) is 0 Å². The van der Waals surface area contributed by atoms with Gasteiger partial charge in [-0.15, -0.1) is 11.3 Å². The van der Waals surface area contributed by atoms with E-state index in [4.69, 9.17) is 9.47 Å². The van der Waals surface area contributed by atoms with Gasteiger partial charge >= 0.3 is 0 Å². The summed E-state index contributed by atoms with van der Waals surface area (Å²) in [4.78, 5) is 2.50. The van der Waals surface area contributed by atoms with Gasteiger partial charge in [-0.05, 0) is 65.0 Å². The van der Waals surface area contributed by atoms with Gasteiger partial charge in [0.1, 0.15) is 11.5 Å². The van der Waals surface area contributed by atoms with Crippen LogP contribution in [0.15, 0.2) is 72.8 Å². The third-order valence-corrected chi connectivity index (χ3v) is 5.52. The standard InChI is InChI=1S/C22H18O2S/c1-23-16-9-7-15(8-10-16)21-13-14-22(25-21)19-11-12-20(24-2)18-6-4-3-5-17(18)19/h3-14H,1-2H3. The van der Waals surface area contributed by atoms with Crippen LogP contribution in [0.4, 0.5) is 0 Å². The molecule has 0 radical (unpaired) electrons. The second kappa shape index (κ2) is 6.61. The van der Waals surface area contributed by atoms with E-state index in [9.17, 15) is 0 Å². The van der Waals surface area contributed by atoms with Gasteiger partial charge in [-0.25, -0.2) is 0 Å². The van der Waals surface area contributed by atoms with E-state index < -0.39 is 0 Å². The fourth-order valence-corrected chi connectivity index (χ4v) is 4.11. The molecule has 4 rings (SSSR count). The van der Waals surface area contributed by atoms with E-state index in [1.54, 1.807) is 25.6 Å². The van der Waals surface area contributed by atoms with Crippen molar-refractivity contribution in [3.05, 3.63) is 72.8 Å². The molecule has 0 saturated heterocycles. The van der Waals surface area contributed by atoms with Crippen molar-refractivity contribution in [3.8, 4) is 32.4 Å². The Labute approximate surface area is 151 Å². The van der Waals surface area contributed by atoms with E-state index in [-0.39, 0.29) is 0 Å². The molecule has 3 heteroatoms. The van der Waals surface area contributed by atoms with Gasteiger partial charge in [0.2, 0.25) is 0 Å². The van der Waals surface area contributed by atoms with Crippen molar-refractivity contribution in [2.45, 2.75) is 0 Å². The Hall–Kier alpha value is -2.78. The number of benzene rings is 3. The Morgan fingerprint density at radius 1 is 0.640 bits per heavy atom. The number of thiophene rings is 1. The summed E-state index contributed by atoms with van der Waals surface area (Å²) >= 11 is 1.80. The van der Waals surface area contributed by atoms with Gasteiger partial charge in [0, 0.05) is 15.1 Å². The Morgan fingerprint density at radius 3 is 2.08 bits per heavy atom. The van der Waals surface area contributed by atoms with Gasteiger partial charge in [0.25, 0.3) is 0 Å². The molecule has 4 aromatic rings. The summed E-state index contributed by atoms with van der Waals surface area (Å²) in [6.07, 6.45) is 0. The first kappa shape index (κ1) is 15.7. The first-order valence-electron chi connectivity index (χ1n) is 8.10. The Morgan fingerprint density at radius 2 is 1.36 bits per heavy atom. The van der Waals surface area contributed by atoms with Gasteiger partial charge in [0.15, 0.2) is 0 Å². The fraction of sp³-hybridized carbons (Fsp3) is 0.0909. The predicted octanol–water partition coefficient (Wildman–Crippen LogP) is 6.25. The summed E-state index contributed by atoms with van der Waals surface area (Å²) in [7, 11) is 3.40. The molecule has 1 aromatic heterocycles. The van der Waals surface area contributed by atoms with Crippen molar-refractivity contribution >= 4 is 22.1 Å². The number of fused-ring (bicyclic) bond motifs is 1. The molecule has 0 saturated carbocycles. The maximum Gasteiger partial charge on any atom is 0.126 e. The van der Waals surface area contributed by atoms with Crippen LogP contribution >= 0.6 is 11.3 Å². The molecule has 0 fully saturated rings. The minimum absolute atomic E-state index is 0.877. The number of hydrogen-bond acceptors (Lipinski definition) is 3. The predicted molar refractivity (Wildman–Crippen MR) is 106 cm³/mol. The van der Waals surface area contributed by atoms with E-state index in [0.29, 0.717) is 0 Å². The van der Waals surface area contributed by atoms with Crippen LogP contribution in [0.25, 0.3) is 31.7 Å². The monoisotopic (exact) mass is 346 g/mol. The van der Waals surface area contributed by atoms with E-state index in [2.05, 4.69) is 48.5 Å². The number of ether oxygens (including phenoxy) is 2. The lowest BCUT2D eigenvalue weighted by atomic mass is 10.0. The molecule has 0 aliphatic heterocycles. The number of hydrogen-bond donors (Lipinski definition) is 0. The molecule has 0 aliphatic rings. The van der Waals surface area contributed by atoms with E-state index in [0.717, 1.165) is 16.9 Å². The maximum absolute atomic E-state index is 5.51. The summed E-state index contributed by atoms with van der Waals surface area (Å²) in [5, 5.41) is 2.35. The minimum Gasteiger partial charge on any atom is -0.497 e. The molecule has 0 spiro atoms. The molecule has 0 bridgehead atoms. The number of methoxy groups -OCH3 is 2. The molecule has 0 amide bonds. The molecule has 1 heterocycles. The van der Waals surface area contributed by atoms with Crippen molar-refractivity contribution in [2.75, 3.05) is 14.2 Å². The second-order valence-electron chi connectivity index (χ2n) is 5.75. The van der Waals surface area contributed by atoms with Crippen LogP contribution in [-0.2, 0) is 0 Å². The van der Waals surface area contributed by atoms with Gasteiger partial charge < -0.3 is 9.47 Å². The Kier molecular flexibility index (Phi) is 4.16. The zero-order valence-corrected chi connectivity index (χ0v) is 15.0. The quantitative estimate of drug-likeness (QED) is 0.435. The maximum atomic E-state index is 5.51. The molecule has 124 valence electrons. The molecule has 0 atom stereocenters. The summed E-state index contributed by atoms with van der Waals surface area (Å²) in [6, 6.07) is 25.1. The molecule has 2 nitrogen and oxygen atoms in total. The van der Waals surface area contributed by atoms with Gasteiger partial charge in [-0.2, -0.15) is 0 Å². The molecule has 3 aromatic carbocycles. The molecular weight excluding hydrogens is 328 g/mol. The summed E-state index contributed by atoms with van der Waals surface area (Å²) in [6.45, 7) is 0. The molecular formula is C22H18O2S. The fourth-order valence-electron chi connectivity index (χ4n) is 3.06. The second-order valence-corrected chi connectivity index (χ2v) is 6.84. The molecule has 0 aliphatic carbocycles. The summed E-state index contributed by atoms with van der Waals surface area (Å²) in [5.41, 5.74) is 2.44. The lowest BCUT2D eigenvalue weighted by Crippen LogP contribution is -1.86. The topological polar surface area (TPSA) is 18.5 Å². The Balaban J connectivity index is 1.78. The largest absolute Gasteiger partial charge is 0.497 e. The number of rotatable bonds is 4. The van der Waals surface area contributed by atoms with Crippen LogP contribution in [0, 0.1) is 0 Å². The van der Waals surface area contributed by atoms with Crippen LogP contribution in [0.3, 0.4) is 0 Å².